The molecule has 0 radical (unpaired) electrons. The molecule has 4 unspecified atom stereocenters. The second-order valence-electron chi connectivity index (χ2n) is 7.11. The minimum atomic E-state index is -0.0951. The smallest absolute Gasteiger partial charge is 0.241 e. The van der Waals surface area contributed by atoms with Gasteiger partial charge in [-0.25, -0.2) is 5.43 Å². The van der Waals surface area contributed by atoms with Gasteiger partial charge in [-0.15, -0.1) is 0 Å². The van der Waals surface area contributed by atoms with Gasteiger partial charge in [0.25, 0.3) is 0 Å². The fourth-order valence-corrected chi connectivity index (χ4v) is 3.75. The molecular weight excluding hydrogens is 290 g/mol. The summed E-state index contributed by atoms with van der Waals surface area (Å²) >= 11 is 0. The van der Waals surface area contributed by atoms with Crippen LogP contribution in [0.15, 0.2) is 30.3 Å². The number of ether oxygens (including phenoxy) is 1. The van der Waals surface area contributed by atoms with Crippen molar-refractivity contribution in [3.63, 3.8) is 0 Å². The van der Waals surface area contributed by atoms with Crippen LogP contribution in [-0.4, -0.2) is 42.1 Å². The van der Waals surface area contributed by atoms with Gasteiger partial charge in [0, 0.05) is 12.6 Å². The van der Waals surface area contributed by atoms with Crippen molar-refractivity contribution in [2.75, 3.05) is 13.1 Å². The summed E-state index contributed by atoms with van der Waals surface area (Å²) in [5.41, 5.74) is 7.67. The number of morpholine rings is 1. The molecule has 1 saturated carbocycles. The summed E-state index contributed by atoms with van der Waals surface area (Å²) in [6.07, 6.45) is 3.53. The van der Waals surface area contributed by atoms with E-state index in [1.54, 1.807) is 0 Å². The van der Waals surface area contributed by atoms with Crippen molar-refractivity contribution in [2.45, 2.75) is 50.5 Å². The Balaban J connectivity index is 1.42. The van der Waals surface area contributed by atoms with Gasteiger partial charge >= 0.3 is 0 Å². The third-order valence-electron chi connectivity index (χ3n) is 5.17. The number of carbonyl (C=O) groups excluding carboxylic acids is 1. The molecule has 2 N–H and O–H groups in total. The van der Waals surface area contributed by atoms with Crippen LogP contribution in [0.5, 0.6) is 0 Å². The lowest BCUT2D eigenvalue weighted by atomic mass is 10.0. The lowest BCUT2D eigenvalue weighted by molar-refractivity contribution is -0.146. The summed E-state index contributed by atoms with van der Waals surface area (Å²) in [6.45, 7) is 3.36. The molecule has 0 bridgehead atoms. The molecule has 5 heteroatoms. The largest absolute Gasteiger partial charge is 0.367 e. The molecule has 4 atom stereocenters. The summed E-state index contributed by atoms with van der Waals surface area (Å²) in [5, 5.41) is 0. The molecule has 1 aromatic rings. The van der Waals surface area contributed by atoms with Crippen LogP contribution in [0.1, 0.15) is 37.9 Å². The number of hydrogen-bond donors (Lipinski definition) is 2. The Morgan fingerprint density at radius 3 is 2.70 bits per heavy atom. The number of amides is 1. The molecule has 2 heterocycles. The van der Waals surface area contributed by atoms with E-state index in [-0.39, 0.29) is 24.2 Å². The van der Waals surface area contributed by atoms with E-state index in [4.69, 9.17) is 4.74 Å². The molecule has 3 aliphatic rings. The van der Waals surface area contributed by atoms with Gasteiger partial charge in [0.15, 0.2) is 0 Å². The Bertz CT molecular complexity index is 561. The highest BCUT2D eigenvalue weighted by Crippen LogP contribution is 2.36. The highest BCUT2D eigenvalue weighted by molar-refractivity contribution is 5.82. The van der Waals surface area contributed by atoms with E-state index in [0.29, 0.717) is 19.1 Å². The molecule has 5 nitrogen and oxygen atoms in total. The fraction of sp³-hybridized carbons (Fsp3) is 0.611. The van der Waals surface area contributed by atoms with Gasteiger partial charge in [0.1, 0.15) is 12.1 Å². The summed E-state index contributed by atoms with van der Waals surface area (Å²) in [4.78, 5) is 14.9. The van der Waals surface area contributed by atoms with Crippen molar-refractivity contribution >= 4 is 5.91 Å². The Labute approximate surface area is 137 Å². The highest BCUT2D eigenvalue weighted by Gasteiger charge is 2.41. The zero-order valence-electron chi connectivity index (χ0n) is 13.6. The van der Waals surface area contributed by atoms with Gasteiger partial charge < -0.3 is 9.64 Å². The first-order valence-corrected chi connectivity index (χ1v) is 8.71. The van der Waals surface area contributed by atoms with E-state index < -0.39 is 0 Å². The zero-order valence-corrected chi connectivity index (χ0v) is 13.6. The zero-order chi connectivity index (χ0) is 15.8. The number of rotatable bonds is 3. The maximum Gasteiger partial charge on any atom is 0.241 e. The van der Waals surface area contributed by atoms with Crippen LogP contribution in [0.4, 0.5) is 0 Å². The van der Waals surface area contributed by atoms with Gasteiger partial charge in [-0.3, -0.25) is 10.2 Å². The van der Waals surface area contributed by atoms with Crippen molar-refractivity contribution in [3.8, 4) is 0 Å². The first-order valence-electron chi connectivity index (χ1n) is 8.71. The van der Waals surface area contributed by atoms with Gasteiger partial charge in [-0.1, -0.05) is 30.3 Å². The minimum Gasteiger partial charge on any atom is -0.367 e. The quantitative estimate of drug-likeness (QED) is 0.890. The maximum atomic E-state index is 12.9. The van der Waals surface area contributed by atoms with Crippen LogP contribution in [0.2, 0.25) is 0 Å². The highest BCUT2D eigenvalue weighted by atomic mass is 16.5. The van der Waals surface area contributed by atoms with Gasteiger partial charge in [0.2, 0.25) is 5.91 Å². The first kappa shape index (κ1) is 15.1. The van der Waals surface area contributed by atoms with Gasteiger partial charge in [-0.05, 0) is 37.7 Å². The van der Waals surface area contributed by atoms with Crippen LogP contribution >= 0.6 is 0 Å². The lowest BCUT2D eigenvalue weighted by Crippen LogP contribution is -2.52. The lowest BCUT2D eigenvalue weighted by Gasteiger charge is -2.38. The van der Waals surface area contributed by atoms with E-state index >= 15 is 0 Å². The number of hydrogen-bond acceptors (Lipinski definition) is 4. The predicted octanol–water partition coefficient (Wildman–Crippen LogP) is 1.62. The Kier molecular flexibility index (Phi) is 4.09. The number of nitrogens with one attached hydrogen (secondary N) is 2. The summed E-state index contributed by atoms with van der Waals surface area (Å²) < 4.78 is 6.05. The van der Waals surface area contributed by atoms with E-state index in [0.717, 1.165) is 17.9 Å². The third-order valence-corrected chi connectivity index (χ3v) is 5.17. The van der Waals surface area contributed by atoms with Crippen molar-refractivity contribution in [3.05, 3.63) is 35.9 Å². The Morgan fingerprint density at radius 1 is 1.17 bits per heavy atom. The third kappa shape index (κ3) is 3.27. The van der Waals surface area contributed by atoms with Crippen molar-refractivity contribution in [1.82, 2.24) is 15.8 Å². The molecule has 2 aliphatic heterocycles. The monoisotopic (exact) mass is 315 g/mol. The van der Waals surface area contributed by atoms with E-state index in [9.17, 15) is 4.79 Å². The number of hydrazine groups is 1. The molecule has 0 aromatic heterocycles. The average Bonchev–Trinajstić information content (AvgIpc) is 3.32. The number of benzene rings is 1. The standard InChI is InChI=1S/C18H25N3O2/c1-12-10-21(11-17(23-12)14-5-3-2-4-6-14)18(22)16-9-15(19-20-16)13-7-8-13/h2-6,12-13,15-17,19-20H,7-11H2,1H3. The molecular formula is C18H25N3O2. The van der Waals surface area contributed by atoms with E-state index in [2.05, 4.69) is 23.0 Å². The normalized spacial score (nSPS) is 34.6. The molecule has 1 aromatic carbocycles. The number of carbonyl (C=O) groups is 1. The van der Waals surface area contributed by atoms with E-state index in [1.165, 1.54) is 12.8 Å². The van der Waals surface area contributed by atoms with Crippen molar-refractivity contribution in [2.24, 2.45) is 5.92 Å². The fourth-order valence-electron chi connectivity index (χ4n) is 3.75. The van der Waals surface area contributed by atoms with Crippen molar-refractivity contribution in [1.29, 1.82) is 0 Å². The van der Waals surface area contributed by atoms with Crippen LogP contribution in [-0.2, 0) is 9.53 Å². The second-order valence-corrected chi connectivity index (χ2v) is 7.11. The molecule has 0 spiro atoms. The molecule has 3 fully saturated rings. The SMILES string of the molecule is CC1CN(C(=O)C2CC(C3CC3)NN2)CC(c2ccccc2)O1. The van der Waals surface area contributed by atoms with Crippen LogP contribution < -0.4 is 10.9 Å². The number of nitrogens with zero attached hydrogens (tertiary/aromatic N) is 1. The molecule has 124 valence electrons. The predicted molar refractivity (Wildman–Crippen MR) is 87.5 cm³/mol. The van der Waals surface area contributed by atoms with E-state index in [1.807, 2.05) is 30.0 Å². The second kappa shape index (κ2) is 6.23. The molecule has 4 rings (SSSR count). The summed E-state index contributed by atoms with van der Waals surface area (Å²) in [5.74, 6) is 0.970. The Hall–Kier alpha value is -1.43. The molecule has 1 amide bonds. The summed E-state index contributed by atoms with van der Waals surface area (Å²) in [7, 11) is 0. The molecule has 2 saturated heterocycles. The Morgan fingerprint density at radius 2 is 1.96 bits per heavy atom. The van der Waals surface area contributed by atoms with Crippen LogP contribution in [0.3, 0.4) is 0 Å². The summed E-state index contributed by atoms with van der Waals surface area (Å²) in [6, 6.07) is 10.6. The average molecular weight is 315 g/mol. The first-order chi connectivity index (χ1) is 11.2. The van der Waals surface area contributed by atoms with Crippen LogP contribution in [0.25, 0.3) is 0 Å². The van der Waals surface area contributed by atoms with Crippen molar-refractivity contribution < 1.29 is 9.53 Å². The topological polar surface area (TPSA) is 53.6 Å². The molecule has 1 aliphatic carbocycles. The van der Waals surface area contributed by atoms with Crippen LogP contribution in [0, 0.1) is 5.92 Å². The molecule has 23 heavy (non-hydrogen) atoms. The minimum absolute atomic E-state index is 0.0301. The van der Waals surface area contributed by atoms with Gasteiger partial charge in [0.05, 0.1) is 12.6 Å². The maximum absolute atomic E-state index is 12.9. The van der Waals surface area contributed by atoms with Gasteiger partial charge in [-0.2, -0.15) is 0 Å².